The summed E-state index contributed by atoms with van der Waals surface area (Å²) in [6.07, 6.45) is 2.67. The van der Waals surface area contributed by atoms with Crippen LogP contribution in [0.15, 0.2) is 33.6 Å². The van der Waals surface area contributed by atoms with Crippen LogP contribution in [0.3, 0.4) is 0 Å². The van der Waals surface area contributed by atoms with Gasteiger partial charge in [0.15, 0.2) is 5.82 Å². The predicted octanol–water partition coefficient (Wildman–Crippen LogP) is 5.16. The highest BCUT2D eigenvalue weighted by Crippen LogP contribution is 2.56. The van der Waals surface area contributed by atoms with Gasteiger partial charge < -0.3 is 14.0 Å². The van der Waals surface area contributed by atoms with Crippen molar-refractivity contribution in [3.05, 3.63) is 51.9 Å². The first kappa shape index (κ1) is 25.4. The first-order chi connectivity index (χ1) is 17.1. The van der Waals surface area contributed by atoms with Crippen LogP contribution in [0.1, 0.15) is 54.0 Å². The monoisotopic (exact) mass is 531 g/mol. The molecule has 3 heterocycles. The van der Waals surface area contributed by atoms with Crippen molar-refractivity contribution in [3.63, 3.8) is 0 Å². The Morgan fingerprint density at radius 3 is 2.61 bits per heavy atom. The number of nitrogens with zero attached hydrogens (tertiary/aromatic N) is 3. The maximum atomic E-state index is 12.6. The number of halogens is 1. The average Bonchev–Trinajstić information content (AvgIpc) is 3.16. The minimum absolute atomic E-state index is 0.0634. The van der Waals surface area contributed by atoms with Crippen LogP contribution in [-0.2, 0) is 21.7 Å². The Bertz CT molecular complexity index is 1330. The fourth-order valence-electron chi connectivity index (χ4n) is 5.45. The number of aromatic nitrogens is 3. The fraction of sp³-hybridized carbons (Fsp3) is 0.577. The second-order valence-electron chi connectivity index (χ2n) is 11.4. The molecule has 1 saturated heterocycles. The van der Waals surface area contributed by atoms with Crippen molar-refractivity contribution in [1.82, 2.24) is 14.3 Å². The Kier molecular flexibility index (Phi) is 6.78. The molecule has 0 unspecified atom stereocenters. The standard InChI is InChI=1S/C26H34ClN3O5Si/c1-17-15-26(17,24-28-35-25(32)29(24)16-34-11-12-36(2,3)4)30-21-6-5-19(18-7-9-33-10-8-18)13-20(21)14-22(30)23(27)31/h5-6,13-14,17-18H,7-12,15-16H2,1-4H3/t17-,26-/m0/s1. The number of carbonyl (C=O) groups excluding carboxylic acids is 1. The minimum Gasteiger partial charge on any atom is -0.381 e. The second kappa shape index (κ2) is 9.59. The lowest BCUT2D eigenvalue weighted by atomic mass is 9.91. The van der Waals surface area contributed by atoms with E-state index in [2.05, 4.69) is 49.9 Å². The van der Waals surface area contributed by atoms with Gasteiger partial charge in [-0.3, -0.25) is 9.32 Å². The Balaban J connectivity index is 1.54. The minimum atomic E-state index is -1.27. The highest BCUT2D eigenvalue weighted by Gasteiger charge is 2.59. The van der Waals surface area contributed by atoms with Crippen LogP contribution in [0, 0.1) is 5.92 Å². The summed E-state index contributed by atoms with van der Waals surface area (Å²) in [5.74, 6) is 0.465. The van der Waals surface area contributed by atoms with Crippen LogP contribution in [0.4, 0.5) is 0 Å². The van der Waals surface area contributed by atoms with Crippen molar-refractivity contribution >= 4 is 35.8 Å². The summed E-state index contributed by atoms with van der Waals surface area (Å²) in [7, 11) is -1.27. The molecule has 2 atom stereocenters. The van der Waals surface area contributed by atoms with E-state index in [9.17, 15) is 9.59 Å². The van der Waals surface area contributed by atoms with Crippen LogP contribution >= 0.6 is 11.6 Å². The molecular weight excluding hydrogens is 498 g/mol. The lowest BCUT2D eigenvalue weighted by Crippen LogP contribution is -2.31. The molecule has 1 saturated carbocycles. The molecule has 0 bridgehead atoms. The molecule has 2 fully saturated rings. The first-order valence-electron chi connectivity index (χ1n) is 12.7. The topological polar surface area (TPSA) is 88.5 Å². The molecule has 2 aliphatic rings. The molecule has 1 aromatic carbocycles. The maximum absolute atomic E-state index is 12.6. The van der Waals surface area contributed by atoms with Gasteiger partial charge in [0.05, 0.1) is 0 Å². The van der Waals surface area contributed by atoms with E-state index in [1.165, 1.54) is 10.1 Å². The third-order valence-corrected chi connectivity index (χ3v) is 9.58. The van der Waals surface area contributed by atoms with E-state index in [4.69, 9.17) is 25.6 Å². The van der Waals surface area contributed by atoms with E-state index < -0.39 is 24.6 Å². The van der Waals surface area contributed by atoms with Crippen LogP contribution in [0.5, 0.6) is 0 Å². The number of rotatable bonds is 9. The lowest BCUT2D eigenvalue weighted by molar-refractivity contribution is 0.0790. The van der Waals surface area contributed by atoms with E-state index in [0.717, 1.165) is 43.0 Å². The highest BCUT2D eigenvalue weighted by atomic mass is 35.5. The molecule has 0 amide bonds. The van der Waals surface area contributed by atoms with Gasteiger partial charge in [0, 0.05) is 38.8 Å². The van der Waals surface area contributed by atoms with E-state index in [0.29, 0.717) is 30.5 Å². The summed E-state index contributed by atoms with van der Waals surface area (Å²) >= 11 is 6.12. The number of fused-ring (bicyclic) bond motifs is 1. The largest absolute Gasteiger partial charge is 0.443 e. The zero-order chi connectivity index (χ0) is 25.7. The molecule has 0 radical (unpaired) electrons. The van der Waals surface area contributed by atoms with Gasteiger partial charge in [-0.1, -0.05) is 37.8 Å². The molecule has 10 heteroatoms. The number of carbonyl (C=O) groups is 1. The number of hydrogen-bond acceptors (Lipinski definition) is 6. The van der Waals surface area contributed by atoms with Crippen molar-refractivity contribution in [1.29, 1.82) is 0 Å². The predicted molar refractivity (Wildman–Crippen MR) is 141 cm³/mol. The molecule has 8 nitrogen and oxygen atoms in total. The van der Waals surface area contributed by atoms with Crippen LogP contribution in [0.2, 0.25) is 25.7 Å². The zero-order valence-corrected chi connectivity index (χ0v) is 23.1. The number of benzene rings is 1. The molecule has 1 aliphatic carbocycles. The van der Waals surface area contributed by atoms with E-state index in [1.807, 2.05) is 10.6 Å². The summed E-state index contributed by atoms with van der Waals surface area (Å²) in [5, 5.41) is 4.61. The molecule has 194 valence electrons. The Morgan fingerprint density at radius 1 is 1.25 bits per heavy atom. The summed E-state index contributed by atoms with van der Waals surface area (Å²) < 4.78 is 19.9. The molecule has 0 N–H and O–H groups in total. The van der Waals surface area contributed by atoms with E-state index >= 15 is 0 Å². The number of hydrogen-bond donors (Lipinski definition) is 0. The van der Waals surface area contributed by atoms with Gasteiger partial charge in [0.1, 0.15) is 18.0 Å². The smallest absolute Gasteiger partial charge is 0.381 e. The molecule has 1 aliphatic heterocycles. The SMILES string of the molecule is C[C@H]1C[C@]1(c1noc(=O)n1COCC[Si](C)(C)C)n1c(C(=O)Cl)cc2cc(C3CCOCC3)ccc21. The molecule has 2 aromatic heterocycles. The van der Waals surface area contributed by atoms with Gasteiger partial charge in [-0.2, -0.15) is 0 Å². The van der Waals surface area contributed by atoms with Gasteiger partial charge >= 0.3 is 5.76 Å². The lowest BCUT2D eigenvalue weighted by Gasteiger charge is -2.24. The molecule has 3 aromatic rings. The normalized spacial score (nSPS) is 22.9. The van der Waals surface area contributed by atoms with Crippen molar-refractivity contribution < 1.29 is 18.8 Å². The zero-order valence-electron chi connectivity index (χ0n) is 21.4. The maximum Gasteiger partial charge on any atom is 0.443 e. The van der Waals surface area contributed by atoms with Gasteiger partial charge in [-0.15, -0.1) is 0 Å². The molecule has 0 spiro atoms. The van der Waals surface area contributed by atoms with Crippen molar-refractivity contribution in [2.24, 2.45) is 5.92 Å². The quantitative estimate of drug-likeness (QED) is 0.215. The van der Waals surface area contributed by atoms with Crippen LogP contribution in [-0.4, -0.2) is 47.4 Å². The Morgan fingerprint density at radius 2 is 1.97 bits per heavy atom. The third kappa shape index (κ3) is 4.62. The number of ether oxygens (including phenoxy) is 2. The summed E-state index contributed by atoms with van der Waals surface area (Å²) in [4.78, 5) is 25.3. The molecule has 5 rings (SSSR count). The first-order valence-corrected chi connectivity index (χ1v) is 16.8. The van der Waals surface area contributed by atoms with Crippen molar-refractivity contribution in [2.75, 3.05) is 19.8 Å². The Labute approximate surface area is 216 Å². The van der Waals surface area contributed by atoms with Crippen molar-refractivity contribution in [3.8, 4) is 0 Å². The summed E-state index contributed by atoms with van der Waals surface area (Å²) in [6, 6.07) is 9.19. The van der Waals surface area contributed by atoms with Gasteiger partial charge in [0.2, 0.25) is 0 Å². The third-order valence-electron chi connectivity index (χ3n) is 7.68. The van der Waals surface area contributed by atoms with E-state index in [1.54, 1.807) is 0 Å². The Hall–Kier alpha value is -2.20. The average molecular weight is 532 g/mol. The molecular formula is C26H34ClN3O5Si. The second-order valence-corrected chi connectivity index (χ2v) is 17.4. The molecule has 36 heavy (non-hydrogen) atoms. The van der Waals surface area contributed by atoms with E-state index in [-0.39, 0.29) is 12.6 Å². The van der Waals surface area contributed by atoms with Crippen molar-refractivity contribution in [2.45, 2.75) is 70.1 Å². The van der Waals surface area contributed by atoms with Gasteiger partial charge in [0.25, 0.3) is 5.24 Å². The van der Waals surface area contributed by atoms with Crippen LogP contribution in [0.25, 0.3) is 10.9 Å². The summed E-state index contributed by atoms with van der Waals surface area (Å²) in [6.45, 7) is 11.1. The van der Waals surface area contributed by atoms with Crippen LogP contribution < -0.4 is 5.76 Å². The highest BCUT2D eigenvalue weighted by molar-refractivity contribution is 6.76. The van der Waals surface area contributed by atoms with Gasteiger partial charge in [-0.05, 0) is 72.5 Å². The summed E-state index contributed by atoms with van der Waals surface area (Å²) in [5.41, 5.74) is 1.81. The fourth-order valence-corrected chi connectivity index (χ4v) is 6.35. The van der Waals surface area contributed by atoms with Gasteiger partial charge in [-0.25, -0.2) is 9.36 Å².